The number of hydrogen-bond donors (Lipinski definition) is 3. The highest BCUT2D eigenvalue weighted by molar-refractivity contribution is 5.94. The highest BCUT2D eigenvalue weighted by Crippen LogP contribution is 2.16. The summed E-state index contributed by atoms with van der Waals surface area (Å²) in [6.07, 6.45) is 9.55. The number of ether oxygens (including phenoxy) is 1. The Balaban J connectivity index is 1.43. The number of aliphatic hydroxyl groups is 1. The van der Waals surface area contributed by atoms with Crippen LogP contribution in [-0.4, -0.2) is 77.8 Å². The van der Waals surface area contributed by atoms with E-state index in [1.807, 2.05) is 0 Å². The number of piperidine rings is 1. The lowest BCUT2D eigenvalue weighted by Gasteiger charge is -2.31. The molecule has 2 aliphatic rings. The van der Waals surface area contributed by atoms with Gasteiger partial charge in [0.15, 0.2) is 0 Å². The Morgan fingerprint density at radius 2 is 2.07 bits per heavy atom. The quantitative estimate of drug-likeness (QED) is 0.547. The third-order valence-corrected chi connectivity index (χ3v) is 5.27. The molecule has 0 radical (unpaired) electrons. The average molecular weight is 402 g/mol. The summed E-state index contributed by atoms with van der Waals surface area (Å²) in [7, 11) is 0. The molecule has 2 amide bonds. The van der Waals surface area contributed by atoms with Crippen LogP contribution in [0.2, 0.25) is 0 Å². The summed E-state index contributed by atoms with van der Waals surface area (Å²) in [5.41, 5.74) is 0.438. The van der Waals surface area contributed by atoms with E-state index < -0.39 is 18.2 Å². The topological polar surface area (TPSA) is 104 Å². The number of hydrogen-bond acceptors (Lipinski definition) is 6. The molecule has 3 N–H and O–H groups in total. The number of aromatic nitrogens is 1. The maximum Gasteiger partial charge on any atom is 0.253 e. The van der Waals surface area contributed by atoms with E-state index in [9.17, 15) is 14.7 Å². The molecule has 3 heterocycles. The van der Waals surface area contributed by atoms with Gasteiger partial charge in [0.05, 0.1) is 30.7 Å². The predicted molar refractivity (Wildman–Crippen MR) is 108 cm³/mol. The van der Waals surface area contributed by atoms with E-state index in [2.05, 4.69) is 20.5 Å². The first-order valence-electron chi connectivity index (χ1n) is 10.3. The molecular weight excluding hydrogens is 372 g/mol. The first-order valence-corrected chi connectivity index (χ1v) is 10.3. The van der Waals surface area contributed by atoms with Crippen molar-refractivity contribution in [3.63, 3.8) is 0 Å². The molecule has 0 unspecified atom stereocenters. The van der Waals surface area contributed by atoms with Gasteiger partial charge in [0, 0.05) is 25.5 Å². The van der Waals surface area contributed by atoms with Crippen molar-refractivity contribution in [1.29, 1.82) is 0 Å². The second-order valence-electron chi connectivity index (χ2n) is 7.48. The Morgan fingerprint density at radius 3 is 2.79 bits per heavy atom. The summed E-state index contributed by atoms with van der Waals surface area (Å²) in [6.45, 7) is 3.45. The summed E-state index contributed by atoms with van der Waals surface area (Å²) in [5, 5.41) is 15.4. The number of carbonyl (C=O) groups is 2. The number of likely N-dealkylation sites (tertiary alicyclic amines) is 1. The number of aliphatic hydroxyl groups excluding tert-OH is 1. The van der Waals surface area contributed by atoms with E-state index in [4.69, 9.17) is 4.74 Å². The Morgan fingerprint density at radius 1 is 1.24 bits per heavy atom. The summed E-state index contributed by atoms with van der Waals surface area (Å²) in [5.74, 6) is -0.366. The van der Waals surface area contributed by atoms with Crippen LogP contribution in [0.1, 0.15) is 36.0 Å². The van der Waals surface area contributed by atoms with Crippen molar-refractivity contribution in [3.05, 3.63) is 42.2 Å². The molecule has 0 bridgehead atoms. The molecule has 1 fully saturated rings. The Labute approximate surface area is 171 Å². The fourth-order valence-corrected chi connectivity index (χ4v) is 3.66. The minimum Gasteiger partial charge on any atom is -0.394 e. The van der Waals surface area contributed by atoms with Gasteiger partial charge in [-0.05, 0) is 38.1 Å². The normalized spacial score (nSPS) is 24.8. The van der Waals surface area contributed by atoms with Gasteiger partial charge in [-0.1, -0.05) is 18.6 Å². The van der Waals surface area contributed by atoms with Gasteiger partial charge in [0.25, 0.3) is 5.91 Å². The number of rotatable bonds is 8. The van der Waals surface area contributed by atoms with Gasteiger partial charge in [0.1, 0.15) is 6.10 Å². The van der Waals surface area contributed by atoms with Crippen LogP contribution in [0, 0.1) is 0 Å². The summed E-state index contributed by atoms with van der Waals surface area (Å²) >= 11 is 0. The van der Waals surface area contributed by atoms with Gasteiger partial charge in [-0.3, -0.25) is 14.6 Å². The molecular formula is C21H30N4O4. The molecule has 3 atom stereocenters. The summed E-state index contributed by atoms with van der Waals surface area (Å²) in [6, 6.07) is 2.89. The van der Waals surface area contributed by atoms with E-state index in [0.717, 1.165) is 19.6 Å². The van der Waals surface area contributed by atoms with Crippen LogP contribution in [0.25, 0.3) is 0 Å². The van der Waals surface area contributed by atoms with Gasteiger partial charge >= 0.3 is 0 Å². The summed E-state index contributed by atoms with van der Waals surface area (Å²) in [4.78, 5) is 30.8. The molecule has 3 rings (SSSR count). The highest BCUT2D eigenvalue weighted by Gasteiger charge is 2.29. The zero-order valence-corrected chi connectivity index (χ0v) is 16.6. The second-order valence-corrected chi connectivity index (χ2v) is 7.48. The van der Waals surface area contributed by atoms with Crippen LogP contribution in [0.5, 0.6) is 0 Å². The van der Waals surface area contributed by atoms with Crippen LogP contribution >= 0.6 is 0 Å². The monoisotopic (exact) mass is 402 g/mol. The van der Waals surface area contributed by atoms with E-state index in [-0.39, 0.29) is 24.8 Å². The number of nitrogens with zero attached hydrogens (tertiary/aromatic N) is 2. The Bertz CT molecular complexity index is 691. The van der Waals surface area contributed by atoms with Crippen molar-refractivity contribution in [2.45, 2.75) is 43.9 Å². The van der Waals surface area contributed by atoms with Crippen molar-refractivity contribution in [1.82, 2.24) is 20.5 Å². The predicted octanol–water partition coefficient (Wildman–Crippen LogP) is 0.488. The number of amides is 2. The van der Waals surface area contributed by atoms with Crippen LogP contribution in [0.15, 0.2) is 36.7 Å². The first-order chi connectivity index (χ1) is 14.2. The van der Waals surface area contributed by atoms with Crippen LogP contribution in [0.3, 0.4) is 0 Å². The molecule has 1 aromatic heterocycles. The minimum atomic E-state index is -0.605. The van der Waals surface area contributed by atoms with Crippen LogP contribution in [0.4, 0.5) is 0 Å². The lowest BCUT2D eigenvalue weighted by atomic mass is 10.0. The number of pyridine rings is 1. The molecule has 1 saturated heterocycles. The molecule has 0 aliphatic carbocycles. The third kappa shape index (κ3) is 6.62. The lowest BCUT2D eigenvalue weighted by Crippen LogP contribution is -2.49. The van der Waals surface area contributed by atoms with Crippen molar-refractivity contribution in [2.75, 3.05) is 32.8 Å². The van der Waals surface area contributed by atoms with Crippen LogP contribution in [-0.2, 0) is 9.53 Å². The van der Waals surface area contributed by atoms with Crippen molar-refractivity contribution < 1.29 is 19.4 Å². The Kier molecular flexibility index (Phi) is 8.15. The summed E-state index contributed by atoms with van der Waals surface area (Å²) < 4.78 is 5.81. The number of nitrogens with one attached hydrogen (secondary N) is 2. The van der Waals surface area contributed by atoms with E-state index in [1.165, 1.54) is 25.5 Å². The molecule has 0 saturated carbocycles. The van der Waals surface area contributed by atoms with E-state index >= 15 is 0 Å². The molecule has 8 nitrogen and oxygen atoms in total. The molecule has 0 aromatic carbocycles. The second kappa shape index (κ2) is 11.0. The molecule has 2 aliphatic heterocycles. The van der Waals surface area contributed by atoms with Crippen LogP contribution < -0.4 is 10.6 Å². The van der Waals surface area contributed by atoms with Gasteiger partial charge in [-0.15, -0.1) is 0 Å². The van der Waals surface area contributed by atoms with Gasteiger partial charge in [0.2, 0.25) is 5.91 Å². The number of carbonyl (C=O) groups excluding carboxylic acids is 2. The molecule has 158 valence electrons. The van der Waals surface area contributed by atoms with Crippen molar-refractivity contribution in [2.24, 2.45) is 0 Å². The van der Waals surface area contributed by atoms with E-state index in [0.29, 0.717) is 12.1 Å². The zero-order chi connectivity index (χ0) is 20.5. The van der Waals surface area contributed by atoms with Gasteiger partial charge < -0.3 is 25.4 Å². The molecule has 8 heteroatoms. The van der Waals surface area contributed by atoms with Crippen molar-refractivity contribution >= 4 is 11.8 Å². The smallest absolute Gasteiger partial charge is 0.253 e. The molecule has 1 aromatic rings. The molecule has 0 spiro atoms. The SMILES string of the molecule is O=C(C[C@@H]1C=C[C@H](NC(=O)c2cccnc2)[C@@H](CO)O1)NCCN1CCCCC1. The lowest BCUT2D eigenvalue weighted by molar-refractivity contribution is -0.125. The maximum atomic E-state index is 12.3. The first kappa shape index (κ1) is 21.4. The fourth-order valence-electron chi connectivity index (χ4n) is 3.66. The minimum absolute atomic E-state index is 0.0776. The highest BCUT2D eigenvalue weighted by atomic mass is 16.5. The standard InChI is InChI=1S/C21H30N4O4/c26-15-19-18(24-21(28)16-5-4-8-22-14-16)7-6-17(29-19)13-20(27)23-9-12-25-10-2-1-3-11-25/h4-8,14,17-19,26H,1-3,9-13,15H2,(H,23,27)(H,24,28)/t17-,18-,19+/m0/s1. The van der Waals surface area contributed by atoms with Crippen molar-refractivity contribution in [3.8, 4) is 0 Å². The Hall–Kier alpha value is -2.29. The third-order valence-electron chi connectivity index (χ3n) is 5.27. The van der Waals surface area contributed by atoms with Gasteiger partial charge in [-0.25, -0.2) is 0 Å². The van der Waals surface area contributed by atoms with Gasteiger partial charge in [-0.2, -0.15) is 0 Å². The zero-order valence-electron chi connectivity index (χ0n) is 16.6. The molecule has 29 heavy (non-hydrogen) atoms. The maximum absolute atomic E-state index is 12.3. The average Bonchev–Trinajstić information content (AvgIpc) is 2.76. The fraction of sp³-hybridized carbons (Fsp3) is 0.571. The largest absolute Gasteiger partial charge is 0.394 e. The van der Waals surface area contributed by atoms with E-state index in [1.54, 1.807) is 30.5 Å².